The van der Waals surface area contributed by atoms with Gasteiger partial charge in [0.1, 0.15) is 5.75 Å². The maximum Gasteiger partial charge on any atom is 0.192 e. The largest absolute Gasteiger partial charge is 0.493 e. The van der Waals surface area contributed by atoms with Gasteiger partial charge in [0.25, 0.3) is 0 Å². The molecule has 1 aromatic heterocycles. The van der Waals surface area contributed by atoms with Gasteiger partial charge >= 0.3 is 0 Å². The molecular formula is C22H24BrN3OS. The van der Waals surface area contributed by atoms with Crippen LogP contribution in [-0.2, 0) is 12.3 Å². The highest BCUT2D eigenvalue weighted by Gasteiger charge is 2.14. The van der Waals surface area contributed by atoms with Crippen LogP contribution in [0.5, 0.6) is 5.75 Å². The molecule has 4 nitrogen and oxygen atoms in total. The van der Waals surface area contributed by atoms with Crippen molar-refractivity contribution >= 4 is 27.7 Å². The molecule has 0 atom stereocenters. The maximum absolute atomic E-state index is 5.77. The lowest BCUT2D eigenvalue weighted by Crippen LogP contribution is -2.04. The third-order valence-electron chi connectivity index (χ3n) is 3.98. The summed E-state index contributed by atoms with van der Waals surface area (Å²) in [6.07, 6.45) is 1.87. The molecule has 0 N–H and O–H groups in total. The predicted octanol–water partition coefficient (Wildman–Crippen LogP) is 6.22. The number of halogens is 1. The first-order valence-electron chi connectivity index (χ1n) is 9.21. The summed E-state index contributed by atoms with van der Waals surface area (Å²) in [5.41, 5.74) is 2.25. The van der Waals surface area contributed by atoms with Gasteiger partial charge in [0, 0.05) is 22.3 Å². The molecule has 3 rings (SSSR count). The molecule has 0 amide bonds. The van der Waals surface area contributed by atoms with Crippen molar-refractivity contribution in [1.82, 2.24) is 14.8 Å². The van der Waals surface area contributed by atoms with E-state index in [0.29, 0.717) is 19.1 Å². The maximum atomic E-state index is 5.77. The van der Waals surface area contributed by atoms with Gasteiger partial charge < -0.3 is 4.74 Å². The fourth-order valence-electron chi connectivity index (χ4n) is 2.64. The van der Waals surface area contributed by atoms with Crippen LogP contribution in [0.2, 0.25) is 0 Å². The van der Waals surface area contributed by atoms with Crippen LogP contribution >= 0.6 is 27.7 Å². The molecule has 3 aromatic rings. The fourth-order valence-corrected chi connectivity index (χ4v) is 3.98. The van der Waals surface area contributed by atoms with Crippen LogP contribution in [0.4, 0.5) is 0 Å². The van der Waals surface area contributed by atoms with Crippen molar-refractivity contribution < 1.29 is 4.74 Å². The molecule has 1 heterocycles. The summed E-state index contributed by atoms with van der Waals surface area (Å²) in [6, 6.07) is 16.3. The summed E-state index contributed by atoms with van der Waals surface area (Å²) >= 11 is 5.20. The molecule has 0 radical (unpaired) electrons. The van der Waals surface area contributed by atoms with E-state index in [0.717, 1.165) is 32.5 Å². The van der Waals surface area contributed by atoms with E-state index in [-0.39, 0.29) is 0 Å². The first-order chi connectivity index (χ1) is 13.6. The number of allylic oxidation sites excluding steroid dienone is 1. The minimum atomic E-state index is 0.500. The summed E-state index contributed by atoms with van der Waals surface area (Å²) in [6.45, 7) is 9.53. The fraction of sp³-hybridized carbons (Fsp3) is 0.273. The standard InChI is InChI=1S/C22H24BrN3OS/c1-4-12-26-21(18-8-10-20(11-9-18)27-14-16(2)3)24-25-22(26)28-15-17-6-5-7-19(23)13-17/h4-11,13,16H,1,12,14-15H2,2-3H3. The van der Waals surface area contributed by atoms with Gasteiger partial charge in [-0.3, -0.25) is 4.57 Å². The highest BCUT2D eigenvalue weighted by Crippen LogP contribution is 2.28. The van der Waals surface area contributed by atoms with Crippen molar-refractivity contribution in [3.8, 4) is 17.1 Å². The average Bonchev–Trinajstić information content (AvgIpc) is 3.08. The van der Waals surface area contributed by atoms with Gasteiger partial charge in [0.2, 0.25) is 0 Å². The third kappa shape index (κ3) is 5.49. The Labute approximate surface area is 179 Å². The van der Waals surface area contributed by atoms with E-state index in [4.69, 9.17) is 4.74 Å². The summed E-state index contributed by atoms with van der Waals surface area (Å²) in [5.74, 6) is 3.04. The lowest BCUT2D eigenvalue weighted by molar-refractivity contribution is 0.271. The van der Waals surface area contributed by atoms with Crippen LogP contribution in [0.25, 0.3) is 11.4 Å². The monoisotopic (exact) mass is 457 g/mol. The van der Waals surface area contributed by atoms with E-state index in [1.165, 1.54) is 5.56 Å². The number of benzene rings is 2. The van der Waals surface area contributed by atoms with Gasteiger partial charge in [-0.15, -0.1) is 16.8 Å². The van der Waals surface area contributed by atoms with Gasteiger partial charge in [-0.1, -0.05) is 59.7 Å². The predicted molar refractivity (Wildman–Crippen MR) is 120 cm³/mol. The molecule has 0 spiro atoms. The normalized spacial score (nSPS) is 11.0. The Morgan fingerprint density at radius 3 is 2.64 bits per heavy atom. The number of hydrogen-bond acceptors (Lipinski definition) is 4. The summed E-state index contributed by atoms with van der Waals surface area (Å²) in [7, 11) is 0. The minimum absolute atomic E-state index is 0.500. The lowest BCUT2D eigenvalue weighted by atomic mass is 10.2. The molecular weight excluding hydrogens is 434 g/mol. The Morgan fingerprint density at radius 1 is 1.18 bits per heavy atom. The van der Waals surface area contributed by atoms with Gasteiger partial charge in [0.15, 0.2) is 11.0 Å². The van der Waals surface area contributed by atoms with Crippen molar-refractivity contribution in [3.05, 3.63) is 71.2 Å². The van der Waals surface area contributed by atoms with Crippen LogP contribution in [0, 0.1) is 5.92 Å². The summed E-state index contributed by atoms with van der Waals surface area (Å²) in [4.78, 5) is 0. The zero-order chi connectivity index (χ0) is 19.9. The van der Waals surface area contributed by atoms with Gasteiger partial charge in [-0.2, -0.15) is 0 Å². The van der Waals surface area contributed by atoms with E-state index < -0.39 is 0 Å². The van der Waals surface area contributed by atoms with Crippen LogP contribution in [0.15, 0.2) is 70.8 Å². The van der Waals surface area contributed by atoms with Crippen molar-refractivity contribution in [3.63, 3.8) is 0 Å². The molecule has 0 aliphatic heterocycles. The molecule has 0 saturated carbocycles. The van der Waals surface area contributed by atoms with Crippen molar-refractivity contribution in [2.45, 2.75) is 31.3 Å². The van der Waals surface area contributed by atoms with Gasteiger partial charge in [-0.05, 0) is 47.9 Å². The number of nitrogens with zero attached hydrogens (tertiary/aromatic N) is 3. The second kappa shape index (κ2) is 9.94. The Kier molecular flexibility index (Phi) is 7.34. The second-order valence-corrected chi connectivity index (χ2v) is 8.71. The molecule has 0 fully saturated rings. The number of thioether (sulfide) groups is 1. The second-order valence-electron chi connectivity index (χ2n) is 6.85. The molecule has 28 heavy (non-hydrogen) atoms. The van der Waals surface area contributed by atoms with E-state index >= 15 is 0 Å². The van der Waals surface area contributed by atoms with Crippen LogP contribution in [-0.4, -0.2) is 21.4 Å². The van der Waals surface area contributed by atoms with Crippen molar-refractivity contribution in [1.29, 1.82) is 0 Å². The van der Waals surface area contributed by atoms with Crippen LogP contribution in [0.3, 0.4) is 0 Å². The third-order valence-corrected chi connectivity index (χ3v) is 5.51. The number of hydrogen-bond donors (Lipinski definition) is 0. The zero-order valence-corrected chi connectivity index (χ0v) is 18.5. The molecule has 6 heteroatoms. The summed E-state index contributed by atoms with van der Waals surface area (Å²) < 4.78 is 8.95. The van der Waals surface area contributed by atoms with Gasteiger partial charge in [-0.25, -0.2) is 0 Å². The quantitative estimate of drug-likeness (QED) is 0.282. The Balaban J connectivity index is 1.77. The first kappa shape index (κ1) is 20.7. The Hall–Kier alpha value is -2.05. The lowest BCUT2D eigenvalue weighted by Gasteiger charge is -2.10. The van der Waals surface area contributed by atoms with Crippen molar-refractivity contribution in [2.24, 2.45) is 5.92 Å². The SMILES string of the molecule is C=CCn1c(SCc2cccc(Br)c2)nnc1-c1ccc(OCC(C)C)cc1. The first-order valence-corrected chi connectivity index (χ1v) is 11.0. The number of ether oxygens (including phenoxy) is 1. The highest BCUT2D eigenvalue weighted by atomic mass is 79.9. The molecule has 146 valence electrons. The van der Waals surface area contributed by atoms with E-state index in [1.807, 2.05) is 42.5 Å². The number of aromatic nitrogens is 3. The molecule has 0 aliphatic carbocycles. The van der Waals surface area contributed by atoms with Crippen LogP contribution in [0.1, 0.15) is 19.4 Å². The topological polar surface area (TPSA) is 39.9 Å². The average molecular weight is 458 g/mol. The van der Waals surface area contributed by atoms with E-state index in [1.54, 1.807) is 11.8 Å². The molecule has 0 saturated heterocycles. The van der Waals surface area contributed by atoms with Crippen LogP contribution < -0.4 is 4.74 Å². The van der Waals surface area contributed by atoms with E-state index in [2.05, 4.69) is 63.3 Å². The minimum Gasteiger partial charge on any atom is -0.493 e. The highest BCUT2D eigenvalue weighted by molar-refractivity contribution is 9.10. The Morgan fingerprint density at radius 2 is 1.96 bits per heavy atom. The van der Waals surface area contributed by atoms with Gasteiger partial charge in [0.05, 0.1) is 6.61 Å². The smallest absolute Gasteiger partial charge is 0.192 e. The Bertz CT molecular complexity index is 922. The number of rotatable bonds is 9. The molecule has 0 aliphatic rings. The van der Waals surface area contributed by atoms with Crippen molar-refractivity contribution in [2.75, 3.05) is 6.61 Å². The molecule has 0 unspecified atom stereocenters. The molecule has 0 bridgehead atoms. The van der Waals surface area contributed by atoms with E-state index in [9.17, 15) is 0 Å². The summed E-state index contributed by atoms with van der Waals surface area (Å²) in [5, 5.41) is 9.73. The zero-order valence-electron chi connectivity index (χ0n) is 16.1. The molecule has 2 aromatic carbocycles.